The molecule has 210 valence electrons. The summed E-state index contributed by atoms with van der Waals surface area (Å²) >= 11 is 0. The smallest absolute Gasteiger partial charge is 0.324 e. The van der Waals surface area contributed by atoms with Gasteiger partial charge in [-0.25, -0.2) is 0 Å². The number of nitrogens with two attached hydrogens (primary N) is 3. The maximum Gasteiger partial charge on any atom is 0.324 e. The molecule has 7 N–H and O–H groups in total. The Morgan fingerprint density at radius 1 is 0.639 bits per heavy atom. The number of hydrogen-bond donors (Lipinski definition) is 4. The van der Waals surface area contributed by atoms with Crippen LogP contribution in [0.2, 0.25) is 0 Å². The van der Waals surface area contributed by atoms with E-state index in [1.165, 1.54) is 4.90 Å². The summed E-state index contributed by atoms with van der Waals surface area (Å²) in [6, 6.07) is -4.79. The Bertz CT molecular complexity index is 732. The molecule has 0 aromatic heterocycles. The van der Waals surface area contributed by atoms with E-state index in [0.717, 1.165) is 0 Å². The molecule has 0 fully saturated rings. The minimum absolute atomic E-state index is 0.0360. The van der Waals surface area contributed by atoms with Gasteiger partial charge in [-0.15, -0.1) is 0 Å². The van der Waals surface area contributed by atoms with Crippen LogP contribution in [0.4, 0.5) is 0 Å². The molecule has 0 aromatic carbocycles. The lowest BCUT2D eigenvalue weighted by molar-refractivity contribution is -0.159. The molecule has 4 unspecified atom stereocenters. The van der Waals surface area contributed by atoms with Gasteiger partial charge in [0.05, 0.1) is 0 Å². The van der Waals surface area contributed by atoms with Crippen LogP contribution in [0, 0.1) is 0 Å². The van der Waals surface area contributed by atoms with Gasteiger partial charge in [0.25, 0.3) is 0 Å². The minimum Gasteiger partial charge on any atom is -0.480 e. The topological polar surface area (TPSA) is 197 Å². The van der Waals surface area contributed by atoms with E-state index in [9.17, 15) is 24.3 Å². The lowest BCUT2D eigenvalue weighted by Crippen LogP contribution is -2.56. The van der Waals surface area contributed by atoms with E-state index in [-0.39, 0.29) is 25.9 Å². The van der Waals surface area contributed by atoms with E-state index in [1.807, 2.05) is 0 Å². The molecule has 0 amide bonds. The van der Waals surface area contributed by atoms with Crippen molar-refractivity contribution in [1.82, 2.24) is 4.90 Å². The SMILES string of the molecule is CC(C)(C)OC(=O)C(N)CCC(C(=O)O)N(CC(N)C(=O)OC(C)(C)C)CC(N)C(=O)OC(C)(C)C. The molecule has 12 nitrogen and oxygen atoms in total. The fourth-order valence-corrected chi connectivity index (χ4v) is 3.03. The molecule has 36 heavy (non-hydrogen) atoms. The molecule has 0 saturated carbocycles. The summed E-state index contributed by atoms with van der Waals surface area (Å²) in [5.41, 5.74) is 15.6. The van der Waals surface area contributed by atoms with Crippen molar-refractivity contribution in [3.8, 4) is 0 Å². The highest BCUT2D eigenvalue weighted by Crippen LogP contribution is 2.16. The quantitative estimate of drug-likeness (QED) is 0.207. The molecule has 0 radical (unpaired) electrons. The van der Waals surface area contributed by atoms with Gasteiger partial charge in [0.1, 0.15) is 41.0 Å². The van der Waals surface area contributed by atoms with Gasteiger partial charge in [-0.2, -0.15) is 0 Å². The van der Waals surface area contributed by atoms with Crippen LogP contribution >= 0.6 is 0 Å². The van der Waals surface area contributed by atoms with Crippen LogP contribution in [0.15, 0.2) is 0 Å². The average molecular weight is 519 g/mol. The van der Waals surface area contributed by atoms with Gasteiger partial charge in [0.2, 0.25) is 0 Å². The van der Waals surface area contributed by atoms with E-state index in [1.54, 1.807) is 62.3 Å². The highest BCUT2D eigenvalue weighted by atomic mass is 16.6. The molecule has 12 heteroatoms. The zero-order valence-corrected chi connectivity index (χ0v) is 23.1. The molecule has 0 heterocycles. The number of aliphatic carboxylic acids is 1. The normalized spacial score (nSPS) is 16.0. The third-order valence-electron chi connectivity index (χ3n) is 4.47. The summed E-state index contributed by atoms with van der Waals surface area (Å²) < 4.78 is 15.8. The molecular weight excluding hydrogens is 472 g/mol. The predicted octanol–water partition coefficient (Wildman–Crippen LogP) is 0.529. The van der Waals surface area contributed by atoms with Crippen molar-refractivity contribution in [2.75, 3.05) is 13.1 Å². The third kappa shape index (κ3) is 14.3. The van der Waals surface area contributed by atoms with Crippen molar-refractivity contribution in [3.63, 3.8) is 0 Å². The largest absolute Gasteiger partial charge is 0.480 e. The number of carboxylic acids is 1. The zero-order chi connectivity index (χ0) is 28.6. The van der Waals surface area contributed by atoms with Gasteiger partial charge in [0.15, 0.2) is 0 Å². The van der Waals surface area contributed by atoms with E-state index in [2.05, 4.69) is 0 Å². The Kier molecular flexibility index (Phi) is 12.5. The molecule has 0 spiro atoms. The van der Waals surface area contributed by atoms with Crippen LogP contribution in [0.1, 0.15) is 75.2 Å². The van der Waals surface area contributed by atoms with Crippen LogP contribution in [0.3, 0.4) is 0 Å². The van der Waals surface area contributed by atoms with Crippen molar-refractivity contribution in [1.29, 1.82) is 0 Å². The number of ether oxygens (including phenoxy) is 3. The van der Waals surface area contributed by atoms with E-state index in [4.69, 9.17) is 31.4 Å². The molecule has 0 aromatic rings. The average Bonchev–Trinajstić information content (AvgIpc) is 2.63. The summed E-state index contributed by atoms with van der Waals surface area (Å²) in [4.78, 5) is 50.7. The molecule has 0 aliphatic carbocycles. The predicted molar refractivity (Wildman–Crippen MR) is 134 cm³/mol. The highest BCUT2D eigenvalue weighted by Gasteiger charge is 2.35. The monoisotopic (exact) mass is 518 g/mol. The Morgan fingerprint density at radius 2 is 0.944 bits per heavy atom. The molecular formula is C24H46N4O8. The van der Waals surface area contributed by atoms with Crippen molar-refractivity contribution in [2.45, 2.75) is 116 Å². The lowest BCUT2D eigenvalue weighted by Gasteiger charge is -2.33. The summed E-state index contributed by atoms with van der Waals surface area (Å²) in [5.74, 6) is -3.42. The summed E-state index contributed by atoms with van der Waals surface area (Å²) in [5, 5.41) is 9.94. The van der Waals surface area contributed by atoms with Gasteiger partial charge in [-0.1, -0.05) is 0 Å². The molecule has 0 aliphatic rings. The maximum absolute atomic E-state index is 12.5. The second-order valence-corrected chi connectivity index (χ2v) is 11.8. The first-order valence-corrected chi connectivity index (χ1v) is 11.9. The van der Waals surface area contributed by atoms with Crippen molar-refractivity contribution >= 4 is 23.9 Å². The number of carboxylic acid groups (broad SMARTS) is 1. The Hall–Kier alpha value is -2.28. The number of nitrogens with zero attached hydrogens (tertiary/aromatic N) is 1. The van der Waals surface area contributed by atoms with Crippen LogP contribution in [-0.2, 0) is 33.4 Å². The fourth-order valence-electron chi connectivity index (χ4n) is 3.03. The van der Waals surface area contributed by atoms with Gasteiger partial charge in [0, 0.05) is 13.1 Å². The lowest BCUT2D eigenvalue weighted by atomic mass is 10.0. The Labute approximate surface area is 214 Å². The second kappa shape index (κ2) is 13.3. The van der Waals surface area contributed by atoms with Crippen LogP contribution in [0.5, 0.6) is 0 Å². The zero-order valence-electron chi connectivity index (χ0n) is 23.1. The number of rotatable bonds is 12. The molecule has 0 aliphatic heterocycles. The molecule has 0 rings (SSSR count). The third-order valence-corrected chi connectivity index (χ3v) is 4.47. The van der Waals surface area contributed by atoms with Gasteiger partial charge < -0.3 is 36.5 Å². The summed E-state index contributed by atoms with van der Waals surface area (Å²) in [7, 11) is 0. The standard InChI is InChI=1S/C24H46N4O8/c1-22(2,3)34-19(31)14(25)10-11-17(18(29)30)28(12-15(26)20(32)35-23(4,5)6)13-16(27)21(33)36-24(7,8)9/h14-17H,10-13,25-27H2,1-9H3,(H,29,30). The van der Waals surface area contributed by atoms with Crippen LogP contribution in [-0.4, -0.2) is 87.9 Å². The molecule has 4 atom stereocenters. The number of carbonyl (C=O) groups is 4. The van der Waals surface area contributed by atoms with Crippen LogP contribution in [0.25, 0.3) is 0 Å². The molecule has 0 saturated heterocycles. The van der Waals surface area contributed by atoms with E-state index in [0.29, 0.717) is 0 Å². The van der Waals surface area contributed by atoms with Crippen molar-refractivity contribution in [2.24, 2.45) is 17.2 Å². The van der Waals surface area contributed by atoms with Crippen LogP contribution < -0.4 is 17.2 Å². The maximum atomic E-state index is 12.5. The second-order valence-electron chi connectivity index (χ2n) is 11.8. The first-order chi connectivity index (χ1) is 16.0. The Morgan fingerprint density at radius 3 is 1.22 bits per heavy atom. The fraction of sp³-hybridized carbons (Fsp3) is 0.833. The van der Waals surface area contributed by atoms with Crippen molar-refractivity contribution < 1.29 is 38.5 Å². The number of carbonyl (C=O) groups excluding carboxylic acids is 3. The summed E-state index contributed by atoms with van der Waals surface area (Å²) in [6.07, 6.45) is -0.135. The Balaban J connectivity index is 5.76. The molecule has 0 bridgehead atoms. The van der Waals surface area contributed by atoms with Gasteiger partial charge in [-0.05, 0) is 75.2 Å². The van der Waals surface area contributed by atoms with Crippen molar-refractivity contribution in [3.05, 3.63) is 0 Å². The number of esters is 3. The van der Waals surface area contributed by atoms with E-state index < -0.39 is 64.8 Å². The van der Waals surface area contributed by atoms with Gasteiger partial charge >= 0.3 is 23.9 Å². The van der Waals surface area contributed by atoms with E-state index >= 15 is 0 Å². The summed E-state index contributed by atoms with van der Waals surface area (Å²) in [6.45, 7) is 14.6. The number of hydrogen-bond acceptors (Lipinski definition) is 11. The first-order valence-electron chi connectivity index (χ1n) is 11.9. The minimum atomic E-state index is -1.26. The highest BCUT2D eigenvalue weighted by molar-refractivity contribution is 5.79. The van der Waals surface area contributed by atoms with Gasteiger partial charge in [-0.3, -0.25) is 24.1 Å². The first kappa shape index (κ1) is 33.7.